The number of aryl methyl sites for hydroxylation is 1. The molecule has 0 bridgehead atoms. The number of carboxylic acids is 1. The number of anilines is 1. The number of fused-ring (bicyclic) bond motifs is 1. The van der Waals surface area contributed by atoms with Crippen LogP contribution in [0, 0.1) is 0 Å². The molecule has 1 N–H and O–H groups in total. The number of amides is 1. The van der Waals surface area contributed by atoms with Gasteiger partial charge in [-0.2, -0.15) is 0 Å². The number of nitrogens with zero attached hydrogens (tertiary/aromatic N) is 1. The number of carbonyl (C=O) groups excluding carboxylic acids is 1. The van der Waals surface area contributed by atoms with Crippen LogP contribution in [0.1, 0.15) is 34.0 Å². The molecule has 2 aromatic rings. The van der Waals surface area contributed by atoms with Gasteiger partial charge in [0, 0.05) is 5.69 Å². The molecule has 1 heterocycles. The number of carboxylic acid groups (broad SMARTS) is 1. The lowest BCUT2D eigenvalue weighted by Crippen LogP contribution is -2.25. The molecule has 0 aliphatic carbocycles. The molecule has 0 saturated carbocycles. The summed E-state index contributed by atoms with van der Waals surface area (Å²) in [5, 5.41) is 8.92. The molecule has 1 aliphatic heterocycles. The summed E-state index contributed by atoms with van der Waals surface area (Å²) in [6.07, 6.45) is 1.40. The average molecular weight is 295 g/mol. The van der Waals surface area contributed by atoms with Gasteiger partial charge in [-0.15, -0.1) is 0 Å². The Morgan fingerprint density at radius 2 is 1.82 bits per heavy atom. The van der Waals surface area contributed by atoms with Gasteiger partial charge in [-0.1, -0.05) is 31.2 Å². The zero-order valence-electron chi connectivity index (χ0n) is 12.4. The van der Waals surface area contributed by atoms with E-state index in [1.54, 1.807) is 29.2 Å². The van der Waals surface area contributed by atoms with Crippen LogP contribution in [0.4, 0.5) is 5.69 Å². The fourth-order valence-electron chi connectivity index (χ4n) is 2.77. The highest BCUT2D eigenvalue weighted by molar-refractivity contribution is 6.01. The van der Waals surface area contributed by atoms with E-state index in [0.29, 0.717) is 13.0 Å². The maximum atomic E-state index is 12.2. The van der Waals surface area contributed by atoms with Crippen LogP contribution in [0.15, 0.2) is 42.5 Å². The van der Waals surface area contributed by atoms with E-state index in [1.807, 2.05) is 6.07 Å². The van der Waals surface area contributed by atoms with E-state index in [-0.39, 0.29) is 11.5 Å². The molecule has 22 heavy (non-hydrogen) atoms. The fourth-order valence-corrected chi connectivity index (χ4v) is 2.77. The van der Waals surface area contributed by atoms with Crippen LogP contribution in [0.5, 0.6) is 0 Å². The quantitative estimate of drug-likeness (QED) is 0.943. The normalized spacial score (nSPS) is 13.3. The Bertz CT molecular complexity index is 734. The predicted octanol–water partition coefficient (Wildman–Crippen LogP) is 3.04. The first-order chi connectivity index (χ1) is 10.6. The van der Waals surface area contributed by atoms with Crippen molar-refractivity contribution in [1.82, 2.24) is 0 Å². The second-order valence-electron chi connectivity index (χ2n) is 5.48. The summed E-state index contributed by atoms with van der Waals surface area (Å²) in [4.78, 5) is 24.9. The zero-order valence-corrected chi connectivity index (χ0v) is 12.4. The minimum atomic E-state index is -0.943. The molecule has 112 valence electrons. The van der Waals surface area contributed by atoms with Gasteiger partial charge in [-0.3, -0.25) is 4.79 Å². The van der Waals surface area contributed by atoms with Crippen LogP contribution in [0.3, 0.4) is 0 Å². The number of hydrogen-bond donors (Lipinski definition) is 1. The monoisotopic (exact) mass is 295 g/mol. The summed E-state index contributed by atoms with van der Waals surface area (Å²) in [6.45, 7) is 2.57. The van der Waals surface area contributed by atoms with Crippen molar-refractivity contribution in [2.75, 3.05) is 4.90 Å². The topological polar surface area (TPSA) is 57.6 Å². The maximum absolute atomic E-state index is 12.2. The highest BCUT2D eigenvalue weighted by Gasteiger charge is 2.27. The van der Waals surface area contributed by atoms with Crippen LogP contribution in [0.25, 0.3) is 0 Å². The smallest absolute Gasteiger partial charge is 0.335 e. The molecule has 2 aromatic carbocycles. The molecule has 3 rings (SSSR count). The van der Waals surface area contributed by atoms with Crippen LogP contribution < -0.4 is 4.90 Å². The van der Waals surface area contributed by atoms with Gasteiger partial charge in [0.25, 0.3) is 0 Å². The summed E-state index contributed by atoms with van der Waals surface area (Å²) in [5.74, 6) is -0.855. The van der Waals surface area contributed by atoms with E-state index in [4.69, 9.17) is 5.11 Å². The van der Waals surface area contributed by atoms with Crippen molar-refractivity contribution in [3.8, 4) is 0 Å². The van der Waals surface area contributed by atoms with Crippen LogP contribution in [-0.2, 0) is 24.2 Å². The molecule has 0 saturated heterocycles. The number of carbonyl (C=O) groups is 2. The Morgan fingerprint density at radius 3 is 2.45 bits per heavy atom. The zero-order chi connectivity index (χ0) is 15.7. The van der Waals surface area contributed by atoms with Crippen molar-refractivity contribution in [3.05, 3.63) is 64.7 Å². The van der Waals surface area contributed by atoms with E-state index in [9.17, 15) is 9.59 Å². The lowest BCUT2D eigenvalue weighted by Gasteiger charge is -2.18. The average Bonchev–Trinajstić information content (AvgIpc) is 2.83. The molecule has 0 unspecified atom stereocenters. The molecule has 0 atom stereocenters. The van der Waals surface area contributed by atoms with Gasteiger partial charge in [0.2, 0.25) is 5.91 Å². The summed E-state index contributed by atoms with van der Waals surface area (Å²) in [5.41, 5.74) is 4.45. The number of aromatic carboxylic acids is 1. The van der Waals surface area contributed by atoms with E-state index >= 15 is 0 Å². The van der Waals surface area contributed by atoms with Crippen molar-refractivity contribution >= 4 is 17.6 Å². The van der Waals surface area contributed by atoms with Crippen molar-refractivity contribution < 1.29 is 14.7 Å². The number of hydrogen-bond acceptors (Lipinski definition) is 2. The maximum Gasteiger partial charge on any atom is 0.335 e. The Morgan fingerprint density at radius 1 is 1.14 bits per heavy atom. The van der Waals surface area contributed by atoms with Crippen molar-refractivity contribution in [3.63, 3.8) is 0 Å². The van der Waals surface area contributed by atoms with E-state index < -0.39 is 5.97 Å². The molecule has 0 spiro atoms. The standard InChI is InChI=1S/C18H17NO3/c1-2-12-5-8-16-15(9-12)10-17(20)19(16)11-13-3-6-14(7-4-13)18(21)22/h3-9H,2,10-11H2,1H3,(H,21,22). The first-order valence-electron chi connectivity index (χ1n) is 7.33. The molecule has 0 aromatic heterocycles. The minimum Gasteiger partial charge on any atom is -0.478 e. The first-order valence-corrected chi connectivity index (χ1v) is 7.33. The van der Waals surface area contributed by atoms with Gasteiger partial charge in [0.15, 0.2) is 0 Å². The fraction of sp³-hybridized carbons (Fsp3) is 0.222. The Hall–Kier alpha value is -2.62. The van der Waals surface area contributed by atoms with E-state index in [0.717, 1.165) is 23.2 Å². The first kappa shape index (κ1) is 14.3. The molecule has 1 aliphatic rings. The second kappa shape index (κ2) is 5.64. The van der Waals surface area contributed by atoms with Crippen LogP contribution >= 0.6 is 0 Å². The van der Waals surface area contributed by atoms with Gasteiger partial charge in [0.1, 0.15) is 0 Å². The van der Waals surface area contributed by atoms with Crippen molar-refractivity contribution in [1.29, 1.82) is 0 Å². The lowest BCUT2D eigenvalue weighted by atomic mass is 10.1. The largest absolute Gasteiger partial charge is 0.478 e. The van der Waals surface area contributed by atoms with Gasteiger partial charge in [0.05, 0.1) is 18.5 Å². The SMILES string of the molecule is CCc1ccc2c(c1)CC(=O)N2Cc1ccc(C(=O)O)cc1. The van der Waals surface area contributed by atoms with Gasteiger partial charge in [-0.25, -0.2) is 4.79 Å². The third-order valence-electron chi connectivity index (χ3n) is 4.03. The number of rotatable bonds is 4. The van der Waals surface area contributed by atoms with Gasteiger partial charge >= 0.3 is 5.97 Å². The molecule has 0 fully saturated rings. The van der Waals surface area contributed by atoms with Crippen LogP contribution in [-0.4, -0.2) is 17.0 Å². The Balaban J connectivity index is 1.84. The van der Waals surface area contributed by atoms with E-state index in [2.05, 4.69) is 19.1 Å². The molecule has 4 heteroatoms. The van der Waals surface area contributed by atoms with E-state index in [1.165, 1.54) is 5.56 Å². The van der Waals surface area contributed by atoms with Crippen molar-refractivity contribution in [2.24, 2.45) is 0 Å². The van der Waals surface area contributed by atoms with Crippen molar-refractivity contribution in [2.45, 2.75) is 26.3 Å². The highest BCUT2D eigenvalue weighted by Crippen LogP contribution is 2.31. The van der Waals surface area contributed by atoms with Crippen LogP contribution in [0.2, 0.25) is 0 Å². The summed E-state index contributed by atoms with van der Waals surface area (Å²) in [6, 6.07) is 12.8. The Kier molecular flexibility index (Phi) is 3.67. The van der Waals surface area contributed by atoms with Gasteiger partial charge in [-0.05, 0) is 41.3 Å². The summed E-state index contributed by atoms with van der Waals surface area (Å²) >= 11 is 0. The third-order valence-corrected chi connectivity index (χ3v) is 4.03. The summed E-state index contributed by atoms with van der Waals surface area (Å²) < 4.78 is 0. The van der Waals surface area contributed by atoms with Gasteiger partial charge < -0.3 is 10.0 Å². The minimum absolute atomic E-state index is 0.0885. The molecule has 1 amide bonds. The Labute approximate surface area is 129 Å². The second-order valence-corrected chi connectivity index (χ2v) is 5.48. The molecular formula is C18H17NO3. The predicted molar refractivity (Wildman–Crippen MR) is 84.1 cm³/mol. The number of benzene rings is 2. The molecular weight excluding hydrogens is 278 g/mol. The lowest BCUT2D eigenvalue weighted by molar-refractivity contribution is -0.117. The highest BCUT2D eigenvalue weighted by atomic mass is 16.4. The summed E-state index contributed by atoms with van der Waals surface area (Å²) in [7, 11) is 0. The molecule has 4 nitrogen and oxygen atoms in total. The molecule has 0 radical (unpaired) electrons. The third kappa shape index (κ3) is 2.60.